The first-order valence-corrected chi connectivity index (χ1v) is 1.69. The minimum absolute atomic E-state index is 0. The Bertz CT molecular complexity index is 61.2. The summed E-state index contributed by atoms with van der Waals surface area (Å²) in [6.45, 7) is 0.231. The molecule has 0 atom stereocenters. The van der Waals surface area contributed by atoms with Gasteiger partial charge in [0.1, 0.15) is 0 Å². The molecule has 0 radical (unpaired) electrons. The molecule has 4 heteroatoms. The average Bonchev–Trinajstić information content (AvgIpc) is 1.35. The van der Waals surface area contributed by atoms with E-state index in [9.17, 15) is 4.79 Å². The molecule has 0 rings (SSSR count). The largest absolute Gasteiger partial charge is 1.00 e. The van der Waals surface area contributed by atoms with Crippen LogP contribution in [0.25, 0.3) is 0 Å². The summed E-state index contributed by atoms with van der Waals surface area (Å²) in [6.07, 6.45) is 0.0694. The fraction of sp³-hybridized carbons (Fsp3) is 0.667. The van der Waals surface area contributed by atoms with Gasteiger partial charge in [0.15, 0.2) is 0 Å². The monoisotopic (exact) mass is 113 g/mol. The maximum absolute atomic E-state index is 9.52. The Morgan fingerprint density at radius 3 is 2.29 bits per heavy atom. The minimum Gasteiger partial charge on any atom is -1.00 e. The van der Waals surface area contributed by atoms with Gasteiger partial charge in [-0.25, -0.2) is 0 Å². The SMILES string of the molecule is NCCC(=O)O.[H-].[Na+]. The van der Waals surface area contributed by atoms with E-state index >= 15 is 0 Å². The zero-order valence-corrected chi connectivity index (χ0v) is 6.35. The third-order valence-electron chi connectivity index (χ3n) is 0.358. The van der Waals surface area contributed by atoms with Crippen LogP contribution in [0, 0.1) is 0 Å². The summed E-state index contributed by atoms with van der Waals surface area (Å²) < 4.78 is 0. The summed E-state index contributed by atoms with van der Waals surface area (Å²) in [6, 6.07) is 0. The fourth-order valence-corrected chi connectivity index (χ4v) is 0.123. The maximum atomic E-state index is 9.52. The first-order chi connectivity index (χ1) is 2.77. The van der Waals surface area contributed by atoms with Crippen LogP contribution in [0.1, 0.15) is 7.85 Å². The average molecular weight is 113 g/mol. The summed E-state index contributed by atoms with van der Waals surface area (Å²) in [4.78, 5) is 9.52. The van der Waals surface area contributed by atoms with Crippen LogP contribution in [0.4, 0.5) is 0 Å². The number of rotatable bonds is 2. The van der Waals surface area contributed by atoms with Crippen LogP contribution in [-0.2, 0) is 4.79 Å². The number of hydrogen-bond donors (Lipinski definition) is 2. The molecule has 3 N–H and O–H groups in total. The van der Waals surface area contributed by atoms with Crippen molar-refractivity contribution in [3.8, 4) is 0 Å². The van der Waals surface area contributed by atoms with E-state index < -0.39 is 5.97 Å². The second-order valence-corrected chi connectivity index (χ2v) is 0.932. The van der Waals surface area contributed by atoms with E-state index in [1.807, 2.05) is 0 Å². The molecular weight excluding hydrogens is 105 g/mol. The Hall–Kier alpha value is 0.430. The molecule has 0 saturated heterocycles. The van der Waals surface area contributed by atoms with Crippen LogP contribution in [-0.4, -0.2) is 17.6 Å². The molecule has 0 heterocycles. The molecule has 7 heavy (non-hydrogen) atoms. The van der Waals surface area contributed by atoms with Crippen LogP contribution < -0.4 is 35.3 Å². The summed E-state index contributed by atoms with van der Waals surface area (Å²) in [5, 5.41) is 7.83. The topological polar surface area (TPSA) is 63.3 Å². The van der Waals surface area contributed by atoms with Crippen LogP contribution in [0.5, 0.6) is 0 Å². The molecule has 0 spiro atoms. The summed E-state index contributed by atoms with van der Waals surface area (Å²) in [5.74, 6) is -0.836. The predicted molar refractivity (Wildman–Crippen MR) is 22.4 cm³/mol. The Labute approximate surface area is 65.7 Å². The predicted octanol–water partition coefficient (Wildman–Crippen LogP) is -3.46. The summed E-state index contributed by atoms with van der Waals surface area (Å²) >= 11 is 0. The third kappa shape index (κ3) is 10.7. The van der Waals surface area contributed by atoms with Gasteiger partial charge in [0.2, 0.25) is 0 Å². The molecule has 0 fully saturated rings. The fourth-order valence-electron chi connectivity index (χ4n) is 0.123. The summed E-state index contributed by atoms with van der Waals surface area (Å²) in [5.41, 5.74) is 4.85. The van der Waals surface area contributed by atoms with Crippen LogP contribution in [0.15, 0.2) is 0 Å². The van der Waals surface area contributed by atoms with E-state index in [1.165, 1.54) is 0 Å². The van der Waals surface area contributed by atoms with Crippen LogP contribution in [0.2, 0.25) is 0 Å². The van der Waals surface area contributed by atoms with Crippen LogP contribution in [0.3, 0.4) is 0 Å². The van der Waals surface area contributed by atoms with Gasteiger partial charge in [0.05, 0.1) is 6.42 Å². The van der Waals surface area contributed by atoms with Crippen molar-refractivity contribution >= 4 is 5.97 Å². The third-order valence-corrected chi connectivity index (χ3v) is 0.358. The first kappa shape index (κ1) is 10.4. The van der Waals surface area contributed by atoms with E-state index in [4.69, 9.17) is 10.8 Å². The van der Waals surface area contributed by atoms with E-state index in [0.29, 0.717) is 0 Å². The second kappa shape index (κ2) is 6.43. The van der Waals surface area contributed by atoms with Gasteiger partial charge < -0.3 is 12.3 Å². The smallest absolute Gasteiger partial charge is 1.00 e. The van der Waals surface area contributed by atoms with Crippen molar-refractivity contribution in [2.45, 2.75) is 6.42 Å². The van der Waals surface area contributed by atoms with Gasteiger partial charge >= 0.3 is 35.5 Å². The van der Waals surface area contributed by atoms with Crippen molar-refractivity contribution in [3.05, 3.63) is 0 Å². The Kier molecular flexibility index (Phi) is 9.57. The van der Waals surface area contributed by atoms with Crippen molar-refractivity contribution < 1.29 is 40.9 Å². The van der Waals surface area contributed by atoms with E-state index in [-0.39, 0.29) is 43.9 Å². The zero-order chi connectivity index (χ0) is 4.99. The molecule has 0 amide bonds. The molecule has 0 aromatic carbocycles. The number of carboxylic acids is 1. The number of aliphatic carboxylic acids is 1. The van der Waals surface area contributed by atoms with Gasteiger partial charge in [0, 0.05) is 6.54 Å². The molecule has 0 bridgehead atoms. The first-order valence-electron chi connectivity index (χ1n) is 1.69. The second-order valence-electron chi connectivity index (χ2n) is 0.932. The van der Waals surface area contributed by atoms with Crippen molar-refractivity contribution in [1.29, 1.82) is 0 Å². The Morgan fingerprint density at radius 2 is 2.29 bits per heavy atom. The number of carboxylic acid groups (broad SMARTS) is 1. The molecule has 0 aliphatic carbocycles. The summed E-state index contributed by atoms with van der Waals surface area (Å²) in [7, 11) is 0. The normalized spacial score (nSPS) is 7.00. The van der Waals surface area contributed by atoms with Gasteiger partial charge in [-0.3, -0.25) is 4.79 Å². The molecule has 0 aromatic heterocycles. The molecule has 0 saturated carbocycles. The molecule has 0 unspecified atom stereocenters. The molecule has 0 aromatic rings. The van der Waals surface area contributed by atoms with Gasteiger partial charge in [-0.15, -0.1) is 0 Å². The van der Waals surface area contributed by atoms with Crippen molar-refractivity contribution in [1.82, 2.24) is 0 Å². The molecule has 3 nitrogen and oxygen atoms in total. The minimum atomic E-state index is -0.836. The molecular formula is C3H8NNaO2. The number of nitrogens with two attached hydrogens (primary N) is 1. The van der Waals surface area contributed by atoms with Crippen LogP contribution >= 0.6 is 0 Å². The number of hydrogen-bond acceptors (Lipinski definition) is 2. The Balaban J connectivity index is -0.000000125. The maximum Gasteiger partial charge on any atom is 1.00 e. The molecule has 0 aliphatic rings. The van der Waals surface area contributed by atoms with Gasteiger partial charge in [-0.1, -0.05) is 0 Å². The van der Waals surface area contributed by atoms with Crippen molar-refractivity contribution in [2.24, 2.45) is 5.73 Å². The zero-order valence-electron chi connectivity index (χ0n) is 5.35. The van der Waals surface area contributed by atoms with Gasteiger partial charge in [-0.2, -0.15) is 0 Å². The quantitative estimate of drug-likeness (QED) is 0.366. The van der Waals surface area contributed by atoms with E-state index in [1.54, 1.807) is 0 Å². The van der Waals surface area contributed by atoms with Gasteiger partial charge in [0.25, 0.3) is 0 Å². The van der Waals surface area contributed by atoms with Crippen molar-refractivity contribution in [2.75, 3.05) is 6.54 Å². The van der Waals surface area contributed by atoms with E-state index in [2.05, 4.69) is 0 Å². The molecule has 38 valence electrons. The standard InChI is InChI=1S/C3H7NO2.Na.H/c4-2-1-3(5)6;;/h1-2,4H2,(H,5,6);;/q;+1;-1. The van der Waals surface area contributed by atoms with Gasteiger partial charge in [-0.05, 0) is 0 Å². The number of carbonyl (C=O) groups is 1. The van der Waals surface area contributed by atoms with E-state index in [0.717, 1.165) is 0 Å². The Morgan fingerprint density at radius 1 is 1.86 bits per heavy atom. The molecule has 0 aliphatic heterocycles. The van der Waals surface area contributed by atoms with Crippen molar-refractivity contribution in [3.63, 3.8) is 0 Å².